The van der Waals surface area contributed by atoms with Crippen molar-refractivity contribution in [2.45, 2.75) is 19.9 Å². The molecule has 1 aromatic carbocycles. The van der Waals surface area contributed by atoms with Gasteiger partial charge in [-0.3, -0.25) is 14.5 Å². The van der Waals surface area contributed by atoms with Crippen LogP contribution in [-0.2, 0) is 11.3 Å². The van der Waals surface area contributed by atoms with E-state index < -0.39 is 0 Å². The molecule has 1 saturated heterocycles. The van der Waals surface area contributed by atoms with Gasteiger partial charge >= 0.3 is 0 Å². The van der Waals surface area contributed by atoms with E-state index in [2.05, 4.69) is 24.0 Å². The summed E-state index contributed by atoms with van der Waals surface area (Å²) in [7, 11) is 0. The van der Waals surface area contributed by atoms with Gasteiger partial charge in [0.2, 0.25) is 5.91 Å². The van der Waals surface area contributed by atoms with E-state index in [1.165, 1.54) is 11.8 Å². The first-order chi connectivity index (χ1) is 13.2. The van der Waals surface area contributed by atoms with Gasteiger partial charge in [-0.2, -0.15) is 0 Å². The third-order valence-corrected chi connectivity index (χ3v) is 4.99. The highest BCUT2D eigenvalue weighted by Crippen LogP contribution is 2.11. The SMILES string of the molecule is CCN(CCC(=O)N1CCN(C(=O)c2ccco2)CC1)Cc1ccccc1. The number of carbonyl (C=O) groups excluding carboxylic acids is 2. The number of carbonyl (C=O) groups is 2. The summed E-state index contributed by atoms with van der Waals surface area (Å²) in [6.07, 6.45) is 2.01. The Morgan fingerprint density at radius 3 is 2.33 bits per heavy atom. The van der Waals surface area contributed by atoms with E-state index in [-0.39, 0.29) is 11.8 Å². The highest BCUT2D eigenvalue weighted by atomic mass is 16.3. The molecule has 1 fully saturated rings. The topological polar surface area (TPSA) is 57.0 Å². The summed E-state index contributed by atoms with van der Waals surface area (Å²) >= 11 is 0. The number of piperazine rings is 1. The summed E-state index contributed by atoms with van der Waals surface area (Å²) in [6.45, 7) is 6.89. The van der Waals surface area contributed by atoms with Crippen LogP contribution in [0.2, 0.25) is 0 Å². The van der Waals surface area contributed by atoms with Crippen LogP contribution in [0.15, 0.2) is 53.1 Å². The molecular weight excluding hydrogens is 342 g/mol. The normalized spacial score (nSPS) is 14.6. The van der Waals surface area contributed by atoms with E-state index >= 15 is 0 Å². The second kappa shape index (κ2) is 9.37. The second-order valence-corrected chi connectivity index (χ2v) is 6.75. The molecule has 6 nitrogen and oxygen atoms in total. The fourth-order valence-corrected chi connectivity index (χ4v) is 3.32. The van der Waals surface area contributed by atoms with Crippen LogP contribution in [0, 0.1) is 0 Å². The highest BCUT2D eigenvalue weighted by molar-refractivity contribution is 5.91. The molecular formula is C21H27N3O3. The fraction of sp³-hybridized carbons (Fsp3) is 0.429. The molecule has 0 N–H and O–H groups in total. The maximum atomic E-state index is 12.6. The fourth-order valence-electron chi connectivity index (χ4n) is 3.32. The molecule has 2 heterocycles. The maximum absolute atomic E-state index is 12.6. The maximum Gasteiger partial charge on any atom is 0.289 e. The first-order valence-electron chi connectivity index (χ1n) is 9.54. The average molecular weight is 369 g/mol. The zero-order chi connectivity index (χ0) is 19.1. The average Bonchev–Trinajstić information content (AvgIpc) is 3.26. The third kappa shape index (κ3) is 5.20. The Kier molecular flexibility index (Phi) is 6.65. The van der Waals surface area contributed by atoms with Gasteiger partial charge in [0, 0.05) is 45.7 Å². The van der Waals surface area contributed by atoms with Gasteiger partial charge in [-0.1, -0.05) is 37.3 Å². The van der Waals surface area contributed by atoms with E-state index in [0.717, 1.165) is 19.6 Å². The Balaban J connectivity index is 1.43. The number of amides is 2. The van der Waals surface area contributed by atoms with E-state index in [1.54, 1.807) is 17.0 Å². The Labute approximate surface area is 160 Å². The smallest absolute Gasteiger partial charge is 0.289 e. The number of hydrogen-bond acceptors (Lipinski definition) is 4. The van der Waals surface area contributed by atoms with Crippen LogP contribution >= 0.6 is 0 Å². The molecule has 2 aromatic rings. The summed E-state index contributed by atoms with van der Waals surface area (Å²) < 4.78 is 5.17. The van der Waals surface area contributed by atoms with E-state index in [4.69, 9.17) is 4.42 Å². The van der Waals surface area contributed by atoms with Crippen molar-refractivity contribution in [1.82, 2.24) is 14.7 Å². The van der Waals surface area contributed by atoms with Crippen LogP contribution in [0.4, 0.5) is 0 Å². The van der Waals surface area contributed by atoms with Crippen molar-refractivity contribution >= 4 is 11.8 Å². The predicted octanol–water partition coefficient (Wildman–Crippen LogP) is 2.48. The Morgan fingerprint density at radius 2 is 1.70 bits per heavy atom. The van der Waals surface area contributed by atoms with Gasteiger partial charge in [-0.25, -0.2) is 0 Å². The Morgan fingerprint density at radius 1 is 1.00 bits per heavy atom. The number of rotatable bonds is 7. The van der Waals surface area contributed by atoms with Gasteiger partial charge in [0.25, 0.3) is 5.91 Å². The van der Waals surface area contributed by atoms with Crippen molar-refractivity contribution in [2.75, 3.05) is 39.3 Å². The van der Waals surface area contributed by atoms with Crippen LogP contribution in [0.1, 0.15) is 29.5 Å². The molecule has 0 spiro atoms. The Bertz CT molecular complexity index is 722. The van der Waals surface area contributed by atoms with Crippen LogP contribution in [0.5, 0.6) is 0 Å². The number of benzene rings is 1. The molecule has 3 rings (SSSR count). The number of furan rings is 1. The lowest BCUT2D eigenvalue weighted by molar-refractivity contribution is -0.133. The van der Waals surface area contributed by atoms with Crippen LogP contribution in [0.25, 0.3) is 0 Å². The summed E-state index contributed by atoms with van der Waals surface area (Å²) in [5.41, 5.74) is 1.26. The van der Waals surface area contributed by atoms with Gasteiger partial charge in [0.05, 0.1) is 6.26 Å². The van der Waals surface area contributed by atoms with E-state index in [1.807, 2.05) is 23.1 Å². The number of hydrogen-bond donors (Lipinski definition) is 0. The first-order valence-corrected chi connectivity index (χ1v) is 9.54. The molecule has 0 bridgehead atoms. The molecule has 144 valence electrons. The summed E-state index contributed by atoms with van der Waals surface area (Å²) in [5, 5.41) is 0. The molecule has 1 aliphatic rings. The Hall–Kier alpha value is -2.60. The molecule has 1 aromatic heterocycles. The molecule has 0 saturated carbocycles. The van der Waals surface area contributed by atoms with Crippen molar-refractivity contribution in [3.63, 3.8) is 0 Å². The third-order valence-electron chi connectivity index (χ3n) is 4.99. The van der Waals surface area contributed by atoms with Crippen LogP contribution in [-0.4, -0.2) is 65.8 Å². The molecule has 27 heavy (non-hydrogen) atoms. The highest BCUT2D eigenvalue weighted by Gasteiger charge is 2.26. The van der Waals surface area contributed by atoms with Gasteiger partial charge in [0.15, 0.2) is 5.76 Å². The summed E-state index contributed by atoms with van der Waals surface area (Å²) in [4.78, 5) is 30.7. The standard InChI is InChI=1S/C21H27N3O3/c1-2-22(17-18-7-4-3-5-8-18)11-10-20(25)23-12-14-24(15-13-23)21(26)19-9-6-16-27-19/h3-9,16H,2,10-15,17H2,1H3. The minimum absolute atomic E-state index is 0.105. The molecule has 0 atom stereocenters. The lowest BCUT2D eigenvalue weighted by atomic mass is 10.2. The minimum atomic E-state index is -0.105. The monoisotopic (exact) mass is 369 g/mol. The molecule has 6 heteroatoms. The molecule has 0 aliphatic carbocycles. The molecule has 2 amide bonds. The van der Waals surface area contributed by atoms with Gasteiger partial charge in [-0.05, 0) is 24.2 Å². The zero-order valence-corrected chi connectivity index (χ0v) is 15.8. The summed E-state index contributed by atoms with van der Waals surface area (Å²) in [6, 6.07) is 13.7. The molecule has 0 radical (unpaired) electrons. The quantitative estimate of drug-likeness (QED) is 0.752. The van der Waals surface area contributed by atoms with Crippen LogP contribution in [0.3, 0.4) is 0 Å². The van der Waals surface area contributed by atoms with Gasteiger partial charge in [0.1, 0.15) is 0 Å². The predicted molar refractivity (Wildman–Crippen MR) is 103 cm³/mol. The first kappa shape index (κ1) is 19.2. The molecule has 0 unspecified atom stereocenters. The van der Waals surface area contributed by atoms with Gasteiger partial charge in [-0.15, -0.1) is 0 Å². The van der Waals surface area contributed by atoms with Gasteiger partial charge < -0.3 is 14.2 Å². The zero-order valence-electron chi connectivity index (χ0n) is 15.8. The summed E-state index contributed by atoms with van der Waals surface area (Å²) in [5.74, 6) is 0.410. The van der Waals surface area contributed by atoms with Crippen molar-refractivity contribution in [3.05, 3.63) is 60.1 Å². The molecule has 1 aliphatic heterocycles. The largest absolute Gasteiger partial charge is 0.459 e. The van der Waals surface area contributed by atoms with Crippen molar-refractivity contribution in [1.29, 1.82) is 0 Å². The van der Waals surface area contributed by atoms with E-state index in [9.17, 15) is 9.59 Å². The second-order valence-electron chi connectivity index (χ2n) is 6.75. The van der Waals surface area contributed by atoms with E-state index in [0.29, 0.717) is 38.4 Å². The van der Waals surface area contributed by atoms with Crippen molar-refractivity contribution in [2.24, 2.45) is 0 Å². The number of nitrogens with zero attached hydrogens (tertiary/aromatic N) is 3. The van der Waals surface area contributed by atoms with Crippen LogP contribution < -0.4 is 0 Å². The van der Waals surface area contributed by atoms with Crippen molar-refractivity contribution < 1.29 is 14.0 Å². The van der Waals surface area contributed by atoms with Crippen molar-refractivity contribution in [3.8, 4) is 0 Å². The minimum Gasteiger partial charge on any atom is -0.459 e. The lowest BCUT2D eigenvalue weighted by Gasteiger charge is -2.34. The lowest BCUT2D eigenvalue weighted by Crippen LogP contribution is -2.51.